The largest absolute Gasteiger partial charge is 0.508 e. The summed E-state index contributed by atoms with van der Waals surface area (Å²) in [5.74, 6) is -0.548. The van der Waals surface area contributed by atoms with Crippen LogP contribution in [0.25, 0.3) is 0 Å². The van der Waals surface area contributed by atoms with Gasteiger partial charge in [-0.3, -0.25) is 9.59 Å². The summed E-state index contributed by atoms with van der Waals surface area (Å²) in [6.45, 7) is 7.42. The van der Waals surface area contributed by atoms with Crippen LogP contribution in [0.5, 0.6) is 5.75 Å². The Morgan fingerprint density at radius 2 is 1.46 bits per heavy atom. The molecule has 6 heteroatoms. The molecule has 0 spiro atoms. The number of nitrogens with one attached hydrogen (secondary N) is 2. The Morgan fingerprint density at radius 3 is 2.14 bits per heavy atom. The molecule has 0 aliphatic heterocycles. The predicted molar refractivity (Wildman–Crippen MR) is 138 cm³/mol. The fourth-order valence-corrected chi connectivity index (χ4v) is 3.96. The van der Waals surface area contributed by atoms with Crippen LogP contribution < -0.4 is 10.6 Å². The third kappa shape index (κ3) is 7.17. The number of aliphatic hydroxyl groups is 1. The number of rotatable bonds is 8. The van der Waals surface area contributed by atoms with Gasteiger partial charge in [-0.15, -0.1) is 0 Å². The summed E-state index contributed by atoms with van der Waals surface area (Å²) in [4.78, 5) is 26.0. The zero-order valence-corrected chi connectivity index (χ0v) is 20.7. The van der Waals surface area contributed by atoms with Crippen molar-refractivity contribution in [2.45, 2.75) is 58.2 Å². The Kier molecular flexibility index (Phi) is 8.30. The second-order valence-corrected chi connectivity index (χ2v) is 9.85. The van der Waals surface area contributed by atoms with Gasteiger partial charge in [-0.2, -0.15) is 0 Å². The van der Waals surface area contributed by atoms with Gasteiger partial charge in [0.1, 0.15) is 5.75 Å². The molecule has 0 fully saturated rings. The molecule has 184 valence electrons. The minimum absolute atomic E-state index is 0.0385. The number of amides is 2. The van der Waals surface area contributed by atoms with E-state index < -0.39 is 17.7 Å². The van der Waals surface area contributed by atoms with Crippen LogP contribution >= 0.6 is 0 Å². The molecular formula is C29H34N2O4. The van der Waals surface area contributed by atoms with Crippen LogP contribution in [-0.2, 0) is 12.8 Å². The molecule has 3 rings (SSSR count). The summed E-state index contributed by atoms with van der Waals surface area (Å²) >= 11 is 0. The molecule has 0 bridgehead atoms. The van der Waals surface area contributed by atoms with Crippen molar-refractivity contribution in [3.05, 3.63) is 101 Å². The van der Waals surface area contributed by atoms with Crippen LogP contribution in [0.1, 0.15) is 58.2 Å². The van der Waals surface area contributed by atoms with Crippen molar-refractivity contribution in [1.82, 2.24) is 10.6 Å². The van der Waals surface area contributed by atoms with Crippen LogP contribution in [0.15, 0.2) is 72.8 Å². The molecule has 4 N–H and O–H groups in total. The van der Waals surface area contributed by atoms with E-state index in [0.29, 0.717) is 28.7 Å². The first kappa shape index (κ1) is 26.0. The molecule has 0 saturated heterocycles. The zero-order valence-electron chi connectivity index (χ0n) is 20.7. The second-order valence-electron chi connectivity index (χ2n) is 9.85. The van der Waals surface area contributed by atoms with Gasteiger partial charge >= 0.3 is 0 Å². The van der Waals surface area contributed by atoms with Gasteiger partial charge in [-0.1, -0.05) is 54.6 Å². The average Bonchev–Trinajstić information content (AvgIpc) is 2.80. The van der Waals surface area contributed by atoms with E-state index in [4.69, 9.17) is 0 Å². The Labute approximate surface area is 207 Å². The molecule has 35 heavy (non-hydrogen) atoms. The molecule has 6 nitrogen and oxygen atoms in total. The van der Waals surface area contributed by atoms with Crippen LogP contribution in [0, 0.1) is 6.92 Å². The molecular weight excluding hydrogens is 440 g/mol. The van der Waals surface area contributed by atoms with Crippen molar-refractivity contribution in [2.24, 2.45) is 0 Å². The van der Waals surface area contributed by atoms with E-state index in [1.807, 2.05) is 63.2 Å². The Balaban J connectivity index is 1.86. The van der Waals surface area contributed by atoms with Gasteiger partial charge in [0, 0.05) is 28.7 Å². The number of aliphatic hydroxyl groups excluding tert-OH is 1. The molecule has 0 aliphatic rings. The number of benzene rings is 3. The summed E-state index contributed by atoms with van der Waals surface area (Å²) in [7, 11) is 0. The predicted octanol–water partition coefficient (Wildman–Crippen LogP) is 4.17. The summed E-state index contributed by atoms with van der Waals surface area (Å²) in [5.41, 5.74) is 2.58. The molecule has 0 aliphatic carbocycles. The van der Waals surface area contributed by atoms with E-state index >= 15 is 0 Å². The molecule has 0 unspecified atom stereocenters. The maximum Gasteiger partial charge on any atom is 0.252 e. The average molecular weight is 475 g/mol. The lowest BCUT2D eigenvalue weighted by Crippen LogP contribution is -2.46. The molecule has 3 aromatic rings. The quantitative estimate of drug-likeness (QED) is 0.394. The number of aromatic hydroxyl groups is 1. The highest BCUT2D eigenvalue weighted by molar-refractivity contribution is 5.97. The van der Waals surface area contributed by atoms with Crippen molar-refractivity contribution < 1.29 is 19.8 Å². The van der Waals surface area contributed by atoms with Crippen LogP contribution in [0.3, 0.4) is 0 Å². The van der Waals surface area contributed by atoms with E-state index in [1.54, 1.807) is 31.2 Å². The molecule has 0 saturated carbocycles. The number of phenolic OH excluding ortho intramolecular Hbond substituents is 1. The highest BCUT2D eigenvalue weighted by Gasteiger charge is 2.26. The fraction of sp³-hybridized carbons (Fsp3) is 0.310. The third-order valence-electron chi connectivity index (χ3n) is 5.81. The van der Waals surface area contributed by atoms with Crippen LogP contribution in [0.2, 0.25) is 0 Å². The van der Waals surface area contributed by atoms with E-state index in [0.717, 1.165) is 5.56 Å². The van der Waals surface area contributed by atoms with Gasteiger partial charge in [0.05, 0.1) is 12.1 Å². The van der Waals surface area contributed by atoms with Crippen LogP contribution in [-0.4, -0.2) is 39.7 Å². The van der Waals surface area contributed by atoms with Crippen molar-refractivity contribution in [3.8, 4) is 5.75 Å². The van der Waals surface area contributed by atoms with Crippen molar-refractivity contribution >= 4 is 11.8 Å². The number of phenols is 1. The normalized spacial score (nSPS) is 13.1. The number of hydrogen-bond acceptors (Lipinski definition) is 4. The molecule has 2 atom stereocenters. The highest BCUT2D eigenvalue weighted by atomic mass is 16.3. The maximum absolute atomic E-state index is 13.1. The number of carbonyl (C=O) groups excluding carboxylic acids is 2. The molecule has 0 radical (unpaired) electrons. The van der Waals surface area contributed by atoms with Crippen molar-refractivity contribution in [1.29, 1.82) is 0 Å². The zero-order chi connectivity index (χ0) is 25.6. The van der Waals surface area contributed by atoms with Crippen molar-refractivity contribution in [2.75, 3.05) is 0 Å². The minimum atomic E-state index is -0.958. The third-order valence-corrected chi connectivity index (χ3v) is 5.81. The fourth-order valence-electron chi connectivity index (χ4n) is 3.96. The molecule has 0 aromatic heterocycles. The summed E-state index contributed by atoms with van der Waals surface area (Å²) in [5, 5.41) is 27.2. The SMILES string of the molecule is Cc1c(O)cccc1C(=O)N[C@H](Cc1ccccc1)[C@H](O)Cc1ccccc1C(=O)NC(C)(C)C. The lowest BCUT2D eigenvalue weighted by molar-refractivity contribution is 0.0826. The van der Waals surface area contributed by atoms with Crippen molar-refractivity contribution in [3.63, 3.8) is 0 Å². The Morgan fingerprint density at radius 1 is 0.829 bits per heavy atom. The smallest absolute Gasteiger partial charge is 0.252 e. The maximum atomic E-state index is 13.1. The Bertz CT molecular complexity index is 1170. The molecule has 2 amide bonds. The van der Waals surface area contributed by atoms with E-state index in [9.17, 15) is 19.8 Å². The Hall–Kier alpha value is -3.64. The minimum Gasteiger partial charge on any atom is -0.508 e. The monoisotopic (exact) mass is 474 g/mol. The first-order valence-electron chi connectivity index (χ1n) is 11.8. The molecule has 0 heterocycles. The number of carbonyl (C=O) groups is 2. The van der Waals surface area contributed by atoms with Gasteiger partial charge in [-0.05, 0) is 63.4 Å². The second kappa shape index (κ2) is 11.2. The van der Waals surface area contributed by atoms with Gasteiger partial charge < -0.3 is 20.8 Å². The number of hydrogen-bond donors (Lipinski definition) is 4. The standard InChI is InChI=1S/C29H34N2O4/c1-19-22(15-10-16-25(19)32)27(34)30-24(17-20-11-6-5-7-12-20)26(33)18-21-13-8-9-14-23(21)28(35)31-29(2,3)4/h5-16,24,26,32-33H,17-18H2,1-4H3,(H,30,34)(H,31,35)/t24-,26-/m1/s1. The summed E-state index contributed by atoms with van der Waals surface area (Å²) in [6.07, 6.45) is -0.368. The van der Waals surface area contributed by atoms with E-state index in [-0.39, 0.29) is 24.0 Å². The first-order valence-corrected chi connectivity index (χ1v) is 11.8. The topological polar surface area (TPSA) is 98.7 Å². The summed E-state index contributed by atoms with van der Waals surface area (Å²) < 4.78 is 0. The van der Waals surface area contributed by atoms with E-state index in [2.05, 4.69) is 10.6 Å². The van der Waals surface area contributed by atoms with Gasteiger partial charge in [-0.25, -0.2) is 0 Å². The highest BCUT2D eigenvalue weighted by Crippen LogP contribution is 2.21. The lowest BCUT2D eigenvalue weighted by Gasteiger charge is -2.26. The van der Waals surface area contributed by atoms with Gasteiger partial charge in [0.2, 0.25) is 0 Å². The molecule has 3 aromatic carbocycles. The van der Waals surface area contributed by atoms with E-state index in [1.165, 1.54) is 6.07 Å². The van der Waals surface area contributed by atoms with Crippen LogP contribution in [0.4, 0.5) is 0 Å². The first-order chi connectivity index (χ1) is 16.5. The summed E-state index contributed by atoms with van der Waals surface area (Å²) in [6, 6.07) is 21.0. The lowest BCUT2D eigenvalue weighted by atomic mass is 9.93. The van der Waals surface area contributed by atoms with Gasteiger partial charge in [0.15, 0.2) is 0 Å². The van der Waals surface area contributed by atoms with Gasteiger partial charge in [0.25, 0.3) is 11.8 Å².